The van der Waals surface area contributed by atoms with E-state index in [0.717, 1.165) is 13.0 Å². The minimum atomic E-state index is -0.390. The number of rotatable bonds is 7. The van der Waals surface area contributed by atoms with Gasteiger partial charge in [0.25, 0.3) is 0 Å². The Balaban J connectivity index is 3.66. The van der Waals surface area contributed by atoms with Crippen molar-refractivity contribution < 1.29 is 4.79 Å². The molecule has 0 aromatic heterocycles. The lowest BCUT2D eigenvalue weighted by Crippen LogP contribution is -2.40. The van der Waals surface area contributed by atoms with Crippen molar-refractivity contribution in [2.75, 3.05) is 6.54 Å². The molecular weight excluding hydrogens is 176 g/mol. The van der Waals surface area contributed by atoms with Gasteiger partial charge in [-0.1, -0.05) is 33.1 Å². The SMILES string of the molecule is CCCCC(CC)CNC(=O)C(C)N. The molecule has 84 valence electrons. The van der Waals surface area contributed by atoms with Crippen LogP contribution in [-0.4, -0.2) is 18.5 Å². The Morgan fingerprint density at radius 1 is 1.43 bits per heavy atom. The molecule has 0 heterocycles. The fourth-order valence-electron chi connectivity index (χ4n) is 1.35. The molecule has 2 atom stereocenters. The van der Waals surface area contributed by atoms with Gasteiger partial charge in [0.05, 0.1) is 6.04 Å². The van der Waals surface area contributed by atoms with E-state index in [-0.39, 0.29) is 5.91 Å². The first kappa shape index (κ1) is 13.4. The Kier molecular flexibility index (Phi) is 7.48. The molecule has 0 saturated carbocycles. The lowest BCUT2D eigenvalue weighted by Gasteiger charge is -2.16. The van der Waals surface area contributed by atoms with Gasteiger partial charge in [0.1, 0.15) is 0 Å². The predicted molar refractivity (Wildman–Crippen MR) is 60.0 cm³/mol. The van der Waals surface area contributed by atoms with Crippen molar-refractivity contribution in [2.45, 2.75) is 52.5 Å². The van der Waals surface area contributed by atoms with Crippen molar-refractivity contribution in [3.63, 3.8) is 0 Å². The van der Waals surface area contributed by atoms with Crippen LogP contribution in [0.4, 0.5) is 0 Å². The van der Waals surface area contributed by atoms with Crippen molar-refractivity contribution in [3.05, 3.63) is 0 Å². The summed E-state index contributed by atoms with van der Waals surface area (Å²) in [5.41, 5.74) is 5.45. The number of carbonyl (C=O) groups is 1. The normalized spacial score (nSPS) is 14.9. The van der Waals surface area contributed by atoms with E-state index in [2.05, 4.69) is 19.2 Å². The Morgan fingerprint density at radius 3 is 2.50 bits per heavy atom. The van der Waals surface area contributed by atoms with Crippen LogP contribution in [0.3, 0.4) is 0 Å². The summed E-state index contributed by atoms with van der Waals surface area (Å²) < 4.78 is 0. The molecule has 2 unspecified atom stereocenters. The van der Waals surface area contributed by atoms with Crippen molar-refractivity contribution in [3.8, 4) is 0 Å². The lowest BCUT2D eigenvalue weighted by atomic mass is 9.99. The zero-order chi connectivity index (χ0) is 11.0. The summed E-state index contributed by atoms with van der Waals surface area (Å²) in [5, 5.41) is 2.88. The van der Waals surface area contributed by atoms with E-state index in [9.17, 15) is 4.79 Å². The number of nitrogens with one attached hydrogen (secondary N) is 1. The van der Waals surface area contributed by atoms with Gasteiger partial charge in [0.2, 0.25) is 5.91 Å². The first-order valence-electron chi connectivity index (χ1n) is 5.65. The van der Waals surface area contributed by atoms with Crippen molar-refractivity contribution in [2.24, 2.45) is 11.7 Å². The number of hydrogen-bond acceptors (Lipinski definition) is 2. The smallest absolute Gasteiger partial charge is 0.236 e. The summed E-state index contributed by atoms with van der Waals surface area (Å²) in [4.78, 5) is 11.2. The Bertz CT molecular complexity index is 157. The van der Waals surface area contributed by atoms with Gasteiger partial charge < -0.3 is 11.1 Å². The minimum Gasteiger partial charge on any atom is -0.354 e. The molecule has 14 heavy (non-hydrogen) atoms. The zero-order valence-corrected chi connectivity index (χ0v) is 9.68. The van der Waals surface area contributed by atoms with Gasteiger partial charge in [0, 0.05) is 6.54 Å². The maximum Gasteiger partial charge on any atom is 0.236 e. The monoisotopic (exact) mass is 200 g/mol. The van der Waals surface area contributed by atoms with E-state index < -0.39 is 6.04 Å². The summed E-state index contributed by atoms with van der Waals surface area (Å²) in [5.74, 6) is 0.567. The standard InChI is InChI=1S/C11H24N2O/c1-4-6-7-10(5-2)8-13-11(14)9(3)12/h9-10H,4-8,12H2,1-3H3,(H,13,14). The molecule has 0 spiro atoms. The highest BCUT2D eigenvalue weighted by atomic mass is 16.2. The second-order valence-corrected chi connectivity index (χ2v) is 3.95. The maximum atomic E-state index is 11.2. The van der Waals surface area contributed by atoms with Crippen LogP contribution in [0.15, 0.2) is 0 Å². The van der Waals surface area contributed by atoms with Crippen molar-refractivity contribution in [1.29, 1.82) is 0 Å². The van der Waals surface area contributed by atoms with E-state index in [1.165, 1.54) is 19.3 Å². The van der Waals surface area contributed by atoms with E-state index >= 15 is 0 Å². The molecule has 0 aliphatic carbocycles. The fourth-order valence-corrected chi connectivity index (χ4v) is 1.35. The van der Waals surface area contributed by atoms with Gasteiger partial charge >= 0.3 is 0 Å². The molecule has 0 aromatic carbocycles. The van der Waals surface area contributed by atoms with Crippen LogP contribution in [-0.2, 0) is 4.79 Å². The van der Waals surface area contributed by atoms with Gasteiger partial charge in [-0.25, -0.2) is 0 Å². The Hall–Kier alpha value is -0.570. The van der Waals surface area contributed by atoms with Gasteiger partial charge in [-0.15, -0.1) is 0 Å². The first-order valence-corrected chi connectivity index (χ1v) is 5.65. The number of unbranched alkanes of at least 4 members (excludes halogenated alkanes) is 1. The van der Waals surface area contributed by atoms with Crippen molar-refractivity contribution in [1.82, 2.24) is 5.32 Å². The van der Waals surface area contributed by atoms with E-state index in [1.807, 2.05) is 0 Å². The number of carbonyl (C=O) groups excluding carboxylic acids is 1. The predicted octanol–water partition coefficient (Wildman–Crippen LogP) is 1.67. The molecular formula is C11H24N2O. The maximum absolute atomic E-state index is 11.2. The largest absolute Gasteiger partial charge is 0.354 e. The minimum absolute atomic E-state index is 0.0417. The quantitative estimate of drug-likeness (QED) is 0.657. The molecule has 0 saturated heterocycles. The molecule has 0 rings (SSSR count). The molecule has 0 aromatic rings. The lowest BCUT2D eigenvalue weighted by molar-refractivity contribution is -0.122. The number of hydrogen-bond donors (Lipinski definition) is 2. The Labute approximate surface area is 87.4 Å². The highest BCUT2D eigenvalue weighted by Gasteiger charge is 2.10. The zero-order valence-electron chi connectivity index (χ0n) is 9.68. The highest BCUT2D eigenvalue weighted by Crippen LogP contribution is 2.10. The second-order valence-electron chi connectivity index (χ2n) is 3.95. The van der Waals surface area contributed by atoms with Gasteiger partial charge in [-0.05, 0) is 19.3 Å². The summed E-state index contributed by atoms with van der Waals surface area (Å²) in [6.45, 7) is 6.84. The number of nitrogens with two attached hydrogens (primary N) is 1. The average molecular weight is 200 g/mol. The molecule has 0 fully saturated rings. The van der Waals surface area contributed by atoms with Crippen LogP contribution in [0.25, 0.3) is 0 Å². The third-order valence-corrected chi connectivity index (χ3v) is 2.52. The summed E-state index contributed by atoms with van der Waals surface area (Å²) in [6.07, 6.45) is 4.79. The van der Waals surface area contributed by atoms with Crippen LogP contribution < -0.4 is 11.1 Å². The van der Waals surface area contributed by atoms with Crippen LogP contribution in [0.1, 0.15) is 46.5 Å². The Morgan fingerprint density at radius 2 is 2.07 bits per heavy atom. The van der Waals surface area contributed by atoms with Crippen molar-refractivity contribution >= 4 is 5.91 Å². The van der Waals surface area contributed by atoms with E-state index in [4.69, 9.17) is 5.73 Å². The third-order valence-electron chi connectivity index (χ3n) is 2.52. The van der Waals surface area contributed by atoms with E-state index in [0.29, 0.717) is 5.92 Å². The second kappa shape index (κ2) is 7.80. The number of amides is 1. The molecule has 3 nitrogen and oxygen atoms in total. The van der Waals surface area contributed by atoms with Crippen LogP contribution in [0, 0.1) is 5.92 Å². The molecule has 3 heteroatoms. The fraction of sp³-hybridized carbons (Fsp3) is 0.909. The molecule has 0 bridgehead atoms. The molecule has 0 aliphatic rings. The summed E-state index contributed by atoms with van der Waals surface area (Å²) in [7, 11) is 0. The molecule has 0 aliphatic heterocycles. The van der Waals surface area contributed by atoms with Crippen LogP contribution in [0.5, 0.6) is 0 Å². The van der Waals surface area contributed by atoms with Gasteiger partial charge in [-0.2, -0.15) is 0 Å². The van der Waals surface area contributed by atoms with E-state index in [1.54, 1.807) is 6.92 Å². The average Bonchev–Trinajstić information content (AvgIpc) is 2.17. The highest BCUT2D eigenvalue weighted by molar-refractivity contribution is 5.80. The van der Waals surface area contributed by atoms with Gasteiger partial charge in [0.15, 0.2) is 0 Å². The van der Waals surface area contributed by atoms with Gasteiger partial charge in [-0.3, -0.25) is 4.79 Å². The molecule has 1 amide bonds. The summed E-state index contributed by atoms with van der Waals surface area (Å²) >= 11 is 0. The van der Waals surface area contributed by atoms with Crippen LogP contribution in [0.2, 0.25) is 0 Å². The summed E-state index contributed by atoms with van der Waals surface area (Å²) in [6, 6.07) is -0.390. The molecule has 0 radical (unpaired) electrons. The first-order chi connectivity index (χ1) is 6.61. The van der Waals surface area contributed by atoms with Crippen LogP contribution >= 0.6 is 0 Å². The molecule has 3 N–H and O–H groups in total. The third kappa shape index (κ3) is 5.97. The topological polar surface area (TPSA) is 55.1 Å².